The van der Waals surface area contributed by atoms with Crippen LogP contribution in [0.2, 0.25) is 0 Å². The summed E-state index contributed by atoms with van der Waals surface area (Å²) < 4.78 is 12.0. The molecule has 0 unspecified atom stereocenters. The summed E-state index contributed by atoms with van der Waals surface area (Å²) in [6, 6.07) is 44.2. The van der Waals surface area contributed by atoms with Crippen molar-refractivity contribution in [2.75, 3.05) is 0 Å². The number of hydrogen-bond acceptors (Lipinski definition) is 2. The van der Waals surface area contributed by atoms with Crippen LogP contribution in [0.1, 0.15) is 0 Å². The molecule has 0 aliphatic carbocycles. The van der Waals surface area contributed by atoms with Crippen LogP contribution in [-0.4, -0.2) is 11.3 Å². The van der Waals surface area contributed by atoms with Crippen LogP contribution >= 0.6 is 11.3 Å². The minimum atomic E-state index is 0.108. The highest BCUT2D eigenvalue weighted by molar-refractivity contribution is 7.26. The summed E-state index contributed by atoms with van der Waals surface area (Å²) in [5, 5.41) is 5.23. The summed E-state index contributed by atoms with van der Waals surface area (Å²) in [5.74, 6) is 1.93. The molecule has 0 bridgehead atoms. The second-order valence-electron chi connectivity index (χ2n) is 10.8. The Morgan fingerprint density at radius 3 is 2.27 bits per heavy atom. The smallest absolute Gasteiger partial charge is 0.256 e. The van der Waals surface area contributed by atoms with E-state index in [1.54, 1.807) is 0 Å². The van der Waals surface area contributed by atoms with E-state index in [-0.39, 0.29) is 6.71 Å². The maximum Gasteiger partial charge on any atom is 0.256 e. The van der Waals surface area contributed by atoms with E-state index in [1.165, 1.54) is 69.6 Å². The predicted octanol–water partition coefficient (Wildman–Crippen LogP) is 7.75. The lowest BCUT2D eigenvalue weighted by molar-refractivity contribution is 0.489. The van der Waals surface area contributed by atoms with E-state index < -0.39 is 0 Å². The molecule has 0 spiro atoms. The van der Waals surface area contributed by atoms with Gasteiger partial charge in [0.2, 0.25) is 0 Å². The molecule has 0 N–H and O–H groups in total. The Balaban J connectivity index is 1.30. The first-order valence-corrected chi connectivity index (χ1v) is 14.6. The zero-order valence-corrected chi connectivity index (χ0v) is 22.2. The van der Waals surface area contributed by atoms with Gasteiger partial charge in [0.1, 0.15) is 11.5 Å². The quantitative estimate of drug-likeness (QED) is 0.200. The van der Waals surface area contributed by atoms with Gasteiger partial charge in [-0.1, -0.05) is 97.1 Å². The molecular weight excluding hydrogens is 505 g/mol. The molecule has 0 fully saturated rings. The lowest BCUT2D eigenvalue weighted by atomic mass is 9.34. The number of para-hydroxylation sites is 3. The second kappa shape index (κ2) is 7.44. The van der Waals surface area contributed by atoms with Gasteiger partial charge < -0.3 is 9.30 Å². The van der Waals surface area contributed by atoms with Crippen LogP contribution < -0.4 is 21.1 Å². The number of rotatable bonds is 1. The molecule has 2 nitrogen and oxygen atoms in total. The fraction of sp³-hybridized carbons (Fsp3) is 0. The third-order valence-electron chi connectivity index (χ3n) is 8.87. The summed E-state index contributed by atoms with van der Waals surface area (Å²) in [6.45, 7) is 0.108. The summed E-state index contributed by atoms with van der Waals surface area (Å²) in [4.78, 5) is 0. The molecule has 2 aliphatic rings. The van der Waals surface area contributed by atoms with Crippen LogP contribution in [-0.2, 0) is 0 Å². The van der Waals surface area contributed by atoms with Crippen molar-refractivity contribution >= 4 is 76.4 Å². The highest BCUT2D eigenvalue weighted by Crippen LogP contribution is 2.44. The molecule has 0 saturated carbocycles. The number of thiophene rings is 1. The molecule has 10 rings (SSSR count). The number of nitrogens with zero attached hydrogens (tertiary/aromatic N) is 1. The van der Waals surface area contributed by atoms with Crippen LogP contribution in [0.25, 0.3) is 58.8 Å². The summed E-state index contributed by atoms with van der Waals surface area (Å²) in [6.07, 6.45) is 0. The molecule has 40 heavy (non-hydrogen) atoms. The van der Waals surface area contributed by atoms with Gasteiger partial charge >= 0.3 is 0 Å². The number of fused-ring (bicyclic) bond motifs is 10. The van der Waals surface area contributed by atoms with E-state index in [1.807, 2.05) is 11.3 Å². The van der Waals surface area contributed by atoms with Gasteiger partial charge in [-0.2, -0.15) is 0 Å². The molecular formula is C36H20BNOS. The van der Waals surface area contributed by atoms with Gasteiger partial charge in [-0.25, -0.2) is 0 Å². The first kappa shape index (κ1) is 21.1. The van der Waals surface area contributed by atoms with Crippen LogP contribution in [0.3, 0.4) is 0 Å². The van der Waals surface area contributed by atoms with Crippen LogP contribution in [0.15, 0.2) is 121 Å². The first-order chi connectivity index (χ1) is 19.9. The highest BCUT2D eigenvalue weighted by Gasteiger charge is 2.40. The number of hydrogen-bond donors (Lipinski definition) is 0. The maximum absolute atomic E-state index is 6.92. The summed E-state index contributed by atoms with van der Waals surface area (Å²) in [5.41, 5.74) is 10.00. The fourth-order valence-corrected chi connectivity index (χ4v) is 8.52. The van der Waals surface area contributed by atoms with Gasteiger partial charge in [-0.05, 0) is 40.7 Å². The Hall–Kier alpha value is -4.80. The van der Waals surface area contributed by atoms with Gasteiger partial charge in [0, 0.05) is 53.3 Å². The molecule has 184 valence electrons. The van der Waals surface area contributed by atoms with Crippen LogP contribution in [0.5, 0.6) is 11.5 Å². The van der Waals surface area contributed by atoms with Crippen molar-refractivity contribution in [3.8, 4) is 28.3 Å². The summed E-state index contributed by atoms with van der Waals surface area (Å²) >= 11 is 1.87. The molecule has 2 aliphatic heterocycles. The molecule has 8 aromatic rings. The zero-order chi connectivity index (χ0) is 25.9. The average Bonchev–Trinajstić information content (AvgIpc) is 3.56. The fourth-order valence-electron chi connectivity index (χ4n) is 7.29. The number of benzene rings is 6. The van der Waals surface area contributed by atoms with E-state index >= 15 is 0 Å². The average molecular weight is 525 g/mol. The van der Waals surface area contributed by atoms with Gasteiger partial charge in [-0.15, -0.1) is 11.3 Å². The van der Waals surface area contributed by atoms with Crippen LogP contribution in [0, 0.1) is 0 Å². The molecule has 2 aromatic heterocycles. The van der Waals surface area contributed by atoms with Crippen molar-refractivity contribution in [3.05, 3.63) is 121 Å². The normalized spacial score (nSPS) is 13.2. The van der Waals surface area contributed by atoms with Crippen molar-refractivity contribution in [2.45, 2.75) is 0 Å². The van der Waals surface area contributed by atoms with Crippen molar-refractivity contribution in [1.29, 1.82) is 0 Å². The molecule has 4 heteroatoms. The second-order valence-corrected chi connectivity index (χ2v) is 11.9. The Morgan fingerprint density at radius 2 is 1.30 bits per heavy atom. The Bertz CT molecular complexity index is 2380. The van der Waals surface area contributed by atoms with Crippen molar-refractivity contribution < 1.29 is 4.74 Å². The van der Waals surface area contributed by atoms with Gasteiger partial charge in [0.15, 0.2) is 0 Å². The Morgan fingerprint density at radius 1 is 0.575 bits per heavy atom. The Kier molecular flexibility index (Phi) is 3.92. The van der Waals surface area contributed by atoms with E-state index in [2.05, 4.69) is 126 Å². The standard InChI is InChI=1S/C36H20BNOS/c1-3-17-29-21(9-1)23-11-6-15-27-34(23)38(29)30-18-8-19-31-33(30)37(27)28-16-7-12-24(35(28)39-31)26-14-5-13-25-22-10-2-4-20-32(22)40-36(25)26/h1-20H. The van der Waals surface area contributed by atoms with Crippen LogP contribution in [0.4, 0.5) is 0 Å². The lowest BCUT2D eigenvalue weighted by Gasteiger charge is -2.34. The van der Waals surface area contributed by atoms with Gasteiger partial charge in [-0.3, -0.25) is 0 Å². The summed E-state index contributed by atoms with van der Waals surface area (Å²) in [7, 11) is 0. The third-order valence-corrected chi connectivity index (χ3v) is 10.1. The maximum atomic E-state index is 6.92. The zero-order valence-electron chi connectivity index (χ0n) is 21.4. The lowest BCUT2D eigenvalue weighted by Crippen LogP contribution is -2.58. The number of ether oxygens (including phenoxy) is 1. The van der Waals surface area contributed by atoms with Gasteiger partial charge in [0.25, 0.3) is 6.71 Å². The van der Waals surface area contributed by atoms with Gasteiger partial charge in [0.05, 0.1) is 5.52 Å². The number of aromatic nitrogens is 1. The van der Waals surface area contributed by atoms with Crippen molar-refractivity contribution in [1.82, 2.24) is 4.57 Å². The third kappa shape index (κ3) is 2.51. The minimum Gasteiger partial charge on any atom is -0.458 e. The molecule has 0 saturated heterocycles. The van der Waals surface area contributed by atoms with E-state index in [0.29, 0.717) is 0 Å². The molecule has 4 heterocycles. The minimum absolute atomic E-state index is 0.108. The SMILES string of the molecule is c1cc2c(c(-c3cccc4c3sc3ccccc34)c1)Oc1cccc3c1B2c1cccc2c4ccccc4n-3c12. The molecule has 0 atom stereocenters. The first-order valence-electron chi connectivity index (χ1n) is 13.7. The highest BCUT2D eigenvalue weighted by atomic mass is 32.1. The molecule has 6 aromatic carbocycles. The topological polar surface area (TPSA) is 14.2 Å². The predicted molar refractivity (Wildman–Crippen MR) is 170 cm³/mol. The molecule has 0 radical (unpaired) electrons. The van der Waals surface area contributed by atoms with Crippen molar-refractivity contribution in [2.24, 2.45) is 0 Å². The largest absolute Gasteiger partial charge is 0.458 e. The van der Waals surface area contributed by atoms with E-state index in [4.69, 9.17) is 4.74 Å². The monoisotopic (exact) mass is 525 g/mol. The van der Waals surface area contributed by atoms with Crippen molar-refractivity contribution in [3.63, 3.8) is 0 Å². The van der Waals surface area contributed by atoms with E-state index in [9.17, 15) is 0 Å². The molecule has 0 amide bonds. The Labute approximate surface area is 234 Å². The van der Waals surface area contributed by atoms with E-state index in [0.717, 1.165) is 17.1 Å².